The average molecular weight is 302 g/mol. The Morgan fingerprint density at radius 1 is 1.24 bits per heavy atom. The van der Waals surface area contributed by atoms with Crippen molar-refractivity contribution in [1.29, 1.82) is 0 Å². The molecule has 0 atom stereocenters. The number of nitrogens with zero attached hydrogens (tertiary/aromatic N) is 2. The van der Waals surface area contributed by atoms with Crippen LogP contribution in [0.5, 0.6) is 0 Å². The van der Waals surface area contributed by atoms with Gasteiger partial charge in [-0.2, -0.15) is 0 Å². The topological polar surface area (TPSA) is 64.2 Å². The molecule has 0 spiro atoms. The summed E-state index contributed by atoms with van der Waals surface area (Å²) < 4.78 is 2.02. The Morgan fingerprint density at radius 2 is 2.00 bits per heavy atom. The van der Waals surface area contributed by atoms with Crippen LogP contribution in [0.2, 0.25) is 0 Å². The fourth-order valence-corrected chi connectivity index (χ4v) is 3.43. The third kappa shape index (κ3) is 2.17. The van der Waals surface area contributed by atoms with Gasteiger partial charge in [-0.1, -0.05) is 34.6 Å². The van der Waals surface area contributed by atoms with E-state index >= 15 is 0 Å². The first-order valence-electron chi connectivity index (χ1n) is 6.47. The molecule has 0 bridgehead atoms. The minimum atomic E-state index is -0.712. The maximum absolute atomic E-state index is 12.2. The fraction of sp³-hybridized carbons (Fsp3) is 0.200. The molecule has 1 aromatic carbocycles. The van der Waals surface area contributed by atoms with Gasteiger partial charge in [0, 0.05) is 0 Å². The van der Waals surface area contributed by atoms with E-state index < -0.39 is 11.2 Å². The van der Waals surface area contributed by atoms with Crippen LogP contribution in [-0.2, 0) is 6.54 Å². The van der Waals surface area contributed by atoms with Crippen molar-refractivity contribution >= 4 is 21.6 Å². The summed E-state index contributed by atoms with van der Waals surface area (Å²) in [6, 6.07) is 7.79. The number of rotatable bonds is 2. The van der Waals surface area contributed by atoms with Crippen molar-refractivity contribution in [2.24, 2.45) is 0 Å². The molecule has 0 unspecified atom stereocenters. The van der Waals surface area contributed by atoms with E-state index in [9.17, 15) is 14.8 Å². The summed E-state index contributed by atoms with van der Waals surface area (Å²) in [5.41, 5.74) is 2.13. The first-order valence-corrected chi connectivity index (χ1v) is 7.35. The summed E-state index contributed by atoms with van der Waals surface area (Å²) in [6.07, 6.45) is 0. The highest BCUT2D eigenvalue weighted by molar-refractivity contribution is 7.17. The van der Waals surface area contributed by atoms with Crippen molar-refractivity contribution in [3.63, 3.8) is 0 Å². The van der Waals surface area contributed by atoms with Gasteiger partial charge in [-0.25, -0.2) is 4.79 Å². The molecule has 0 aliphatic rings. The third-order valence-electron chi connectivity index (χ3n) is 3.43. The zero-order chi connectivity index (χ0) is 15.1. The van der Waals surface area contributed by atoms with Gasteiger partial charge in [-0.05, 0) is 30.4 Å². The molecule has 0 amide bonds. The van der Waals surface area contributed by atoms with Crippen LogP contribution in [0, 0.1) is 13.8 Å². The van der Waals surface area contributed by atoms with Gasteiger partial charge in [-0.15, -0.1) is 11.3 Å². The first kappa shape index (κ1) is 13.6. The van der Waals surface area contributed by atoms with Gasteiger partial charge < -0.3 is 5.21 Å². The Morgan fingerprint density at radius 3 is 2.71 bits per heavy atom. The number of aryl methyl sites for hydroxylation is 2. The van der Waals surface area contributed by atoms with Gasteiger partial charge in [0.1, 0.15) is 4.70 Å². The highest BCUT2D eigenvalue weighted by Gasteiger charge is 2.16. The Kier molecular flexibility index (Phi) is 3.17. The van der Waals surface area contributed by atoms with Crippen LogP contribution in [0.4, 0.5) is 0 Å². The molecule has 3 rings (SSSR count). The number of hydrogen-bond donors (Lipinski definition) is 1. The first-order chi connectivity index (χ1) is 9.99. The molecule has 2 heterocycles. The van der Waals surface area contributed by atoms with Crippen LogP contribution in [-0.4, -0.2) is 14.5 Å². The second-order valence-electron chi connectivity index (χ2n) is 5.07. The van der Waals surface area contributed by atoms with Crippen molar-refractivity contribution in [1.82, 2.24) is 9.30 Å². The Hall–Kier alpha value is -2.34. The standard InChI is InChI=1S/C15H14N2O3S/c1-9-4-3-5-11(6-9)7-16-12-10(2)8-21-13(12)14(18)17(20)15(16)19/h3-6,8,20H,7H2,1-2H3. The Labute approximate surface area is 124 Å². The predicted octanol–water partition coefficient (Wildman–Crippen LogP) is 2.13. The highest BCUT2D eigenvalue weighted by atomic mass is 32.1. The smallest absolute Gasteiger partial charge is 0.365 e. The Balaban J connectivity index is 2.29. The van der Waals surface area contributed by atoms with E-state index in [4.69, 9.17) is 0 Å². The molecule has 2 aromatic heterocycles. The highest BCUT2D eigenvalue weighted by Crippen LogP contribution is 2.21. The lowest BCUT2D eigenvalue weighted by Crippen LogP contribution is -2.38. The monoisotopic (exact) mass is 302 g/mol. The molecule has 0 fully saturated rings. The van der Waals surface area contributed by atoms with Crippen LogP contribution in [0.1, 0.15) is 16.7 Å². The average Bonchev–Trinajstić information content (AvgIpc) is 2.83. The fourth-order valence-electron chi connectivity index (χ4n) is 2.46. The van der Waals surface area contributed by atoms with Gasteiger partial charge >= 0.3 is 11.2 Å². The van der Waals surface area contributed by atoms with E-state index in [1.807, 2.05) is 43.5 Å². The molecule has 0 aliphatic carbocycles. The third-order valence-corrected chi connectivity index (χ3v) is 4.51. The second kappa shape index (κ2) is 4.89. The van der Waals surface area contributed by atoms with Crippen molar-refractivity contribution in [2.45, 2.75) is 20.4 Å². The van der Waals surface area contributed by atoms with Crippen LogP contribution in [0.3, 0.4) is 0 Å². The van der Waals surface area contributed by atoms with Crippen molar-refractivity contribution in [3.8, 4) is 0 Å². The van der Waals surface area contributed by atoms with E-state index in [1.54, 1.807) is 0 Å². The SMILES string of the molecule is Cc1cccc(Cn2c(=O)n(O)c(=O)c3scc(C)c32)c1. The second-order valence-corrected chi connectivity index (χ2v) is 5.95. The van der Waals surface area contributed by atoms with Crippen molar-refractivity contribution in [2.75, 3.05) is 0 Å². The summed E-state index contributed by atoms with van der Waals surface area (Å²) in [5, 5.41) is 11.5. The molecule has 0 saturated heterocycles. The van der Waals surface area contributed by atoms with E-state index in [2.05, 4.69) is 0 Å². The number of benzene rings is 1. The molecule has 1 N–H and O–H groups in total. The zero-order valence-corrected chi connectivity index (χ0v) is 12.5. The number of fused-ring (bicyclic) bond motifs is 1. The Bertz CT molecular complexity index is 950. The van der Waals surface area contributed by atoms with Crippen molar-refractivity contribution < 1.29 is 5.21 Å². The molecular formula is C15H14N2O3S. The van der Waals surface area contributed by atoms with Gasteiger partial charge in [-0.3, -0.25) is 9.36 Å². The summed E-state index contributed by atoms with van der Waals surface area (Å²) >= 11 is 1.24. The molecule has 21 heavy (non-hydrogen) atoms. The molecule has 5 nitrogen and oxygen atoms in total. The van der Waals surface area contributed by atoms with Gasteiger partial charge in [0.25, 0.3) is 0 Å². The molecule has 0 saturated carbocycles. The van der Waals surface area contributed by atoms with E-state index in [0.717, 1.165) is 16.7 Å². The molecule has 0 aliphatic heterocycles. The molecule has 3 aromatic rings. The van der Waals surface area contributed by atoms with Gasteiger partial charge in [0.15, 0.2) is 0 Å². The lowest BCUT2D eigenvalue weighted by atomic mass is 10.1. The molecule has 108 valence electrons. The van der Waals surface area contributed by atoms with E-state index in [0.29, 0.717) is 16.8 Å². The van der Waals surface area contributed by atoms with Crippen LogP contribution in [0.15, 0.2) is 39.2 Å². The molecule has 6 heteroatoms. The van der Waals surface area contributed by atoms with Crippen LogP contribution < -0.4 is 11.2 Å². The lowest BCUT2D eigenvalue weighted by molar-refractivity contribution is 0.158. The summed E-state index contributed by atoms with van der Waals surface area (Å²) in [5.74, 6) is 0. The quantitative estimate of drug-likeness (QED) is 0.738. The largest absolute Gasteiger partial charge is 0.421 e. The minimum absolute atomic E-state index is 0.189. The summed E-state index contributed by atoms with van der Waals surface area (Å²) in [4.78, 5) is 24.2. The van der Waals surface area contributed by atoms with Crippen LogP contribution in [0.25, 0.3) is 10.2 Å². The van der Waals surface area contributed by atoms with Crippen molar-refractivity contribution in [3.05, 3.63) is 67.2 Å². The summed E-state index contributed by atoms with van der Waals surface area (Å²) in [6.45, 7) is 4.15. The molecule has 0 radical (unpaired) electrons. The predicted molar refractivity (Wildman–Crippen MR) is 82.5 cm³/mol. The van der Waals surface area contributed by atoms with Crippen LogP contribution >= 0.6 is 11.3 Å². The maximum Gasteiger partial charge on any atom is 0.365 e. The maximum atomic E-state index is 12.2. The van der Waals surface area contributed by atoms with Gasteiger partial charge in [0.05, 0.1) is 12.1 Å². The minimum Gasteiger partial charge on any atom is -0.421 e. The van der Waals surface area contributed by atoms with E-state index in [1.165, 1.54) is 15.9 Å². The number of thiophene rings is 1. The number of aromatic nitrogens is 2. The van der Waals surface area contributed by atoms with E-state index in [-0.39, 0.29) is 4.73 Å². The lowest BCUT2D eigenvalue weighted by Gasteiger charge is -2.10. The number of hydrogen-bond acceptors (Lipinski definition) is 4. The zero-order valence-electron chi connectivity index (χ0n) is 11.7. The summed E-state index contributed by atoms with van der Waals surface area (Å²) in [7, 11) is 0. The normalized spacial score (nSPS) is 11.1. The van der Waals surface area contributed by atoms with Gasteiger partial charge in [0.2, 0.25) is 0 Å². The molecular weight excluding hydrogens is 288 g/mol.